The fourth-order valence-electron chi connectivity index (χ4n) is 2.45. The maximum atomic E-state index is 5.59. The van der Waals surface area contributed by atoms with Crippen molar-refractivity contribution in [2.75, 3.05) is 19.6 Å². The van der Waals surface area contributed by atoms with E-state index in [4.69, 9.17) is 6.42 Å². The molecule has 2 heteroatoms. The molecule has 1 aliphatic rings. The number of nitrogens with zero attached hydrogens (tertiary/aromatic N) is 1. The van der Waals surface area contributed by atoms with Crippen LogP contribution in [0.5, 0.6) is 0 Å². The van der Waals surface area contributed by atoms with Crippen molar-refractivity contribution >= 4 is 0 Å². The van der Waals surface area contributed by atoms with Crippen molar-refractivity contribution in [1.82, 2.24) is 10.2 Å². The van der Waals surface area contributed by atoms with Crippen LogP contribution in [0.15, 0.2) is 30.3 Å². The van der Waals surface area contributed by atoms with Crippen LogP contribution >= 0.6 is 0 Å². The van der Waals surface area contributed by atoms with Crippen molar-refractivity contribution in [2.45, 2.75) is 25.4 Å². The van der Waals surface area contributed by atoms with Crippen LogP contribution < -0.4 is 5.32 Å². The van der Waals surface area contributed by atoms with E-state index in [1.807, 2.05) is 0 Å². The monoisotopic (exact) mass is 228 g/mol. The van der Waals surface area contributed by atoms with Crippen LogP contribution in [-0.4, -0.2) is 30.6 Å². The van der Waals surface area contributed by atoms with Gasteiger partial charge in [0.1, 0.15) is 0 Å². The van der Waals surface area contributed by atoms with Gasteiger partial charge < -0.3 is 5.32 Å². The molecule has 1 heterocycles. The Bertz CT molecular complexity index is 380. The number of piperazine rings is 1. The predicted octanol–water partition coefficient (Wildman–Crippen LogP) is 2.04. The first kappa shape index (κ1) is 12.2. The summed E-state index contributed by atoms with van der Waals surface area (Å²) in [6.07, 6.45) is 6.61. The van der Waals surface area contributed by atoms with Crippen LogP contribution in [0.3, 0.4) is 0 Å². The molecule has 1 aliphatic heterocycles. The highest BCUT2D eigenvalue weighted by Gasteiger charge is 2.24. The molecule has 0 bridgehead atoms. The third-order valence-electron chi connectivity index (χ3n) is 3.43. The summed E-state index contributed by atoms with van der Waals surface area (Å²) in [5.74, 6) is 2.89. The van der Waals surface area contributed by atoms with Crippen LogP contribution in [0, 0.1) is 12.3 Å². The van der Waals surface area contributed by atoms with Crippen LogP contribution in [0.4, 0.5) is 0 Å². The number of terminal acetylenes is 1. The van der Waals surface area contributed by atoms with Crippen molar-refractivity contribution in [2.24, 2.45) is 0 Å². The van der Waals surface area contributed by atoms with E-state index in [2.05, 4.69) is 53.4 Å². The normalized spacial score (nSPS) is 22.9. The summed E-state index contributed by atoms with van der Waals surface area (Å²) in [5, 5.41) is 3.56. The second-order valence-corrected chi connectivity index (χ2v) is 4.50. The molecule has 2 nitrogen and oxygen atoms in total. The summed E-state index contributed by atoms with van der Waals surface area (Å²) in [5.41, 5.74) is 1.35. The zero-order valence-corrected chi connectivity index (χ0v) is 10.4. The Morgan fingerprint density at radius 1 is 1.47 bits per heavy atom. The molecule has 0 radical (unpaired) electrons. The molecule has 2 atom stereocenters. The van der Waals surface area contributed by atoms with Gasteiger partial charge in [-0.3, -0.25) is 4.90 Å². The Balaban J connectivity index is 2.05. The lowest BCUT2D eigenvalue weighted by Gasteiger charge is -2.36. The molecule has 17 heavy (non-hydrogen) atoms. The number of rotatable bonds is 3. The zero-order chi connectivity index (χ0) is 12.1. The minimum Gasteiger partial charge on any atom is -0.308 e. The third-order valence-corrected chi connectivity index (χ3v) is 3.43. The molecule has 0 saturated carbocycles. The molecular weight excluding hydrogens is 208 g/mol. The fourth-order valence-corrected chi connectivity index (χ4v) is 2.45. The average molecular weight is 228 g/mol. The highest BCUT2D eigenvalue weighted by Crippen LogP contribution is 2.19. The van der Waals surface area contributed by atoms with E-state index in [0.29, 0.717) is 6.04 Å². The van der Waals surface area contributed by atoms with E-state index in [0.717, 1.165) is 26.1 Å². The first-order chi connectivity index (χ1) is 8.35. The van der Waals surface area contributed by atoms with Crippen molar-refractivity contribution in [3.05, 3.63) is 35.9 Å². The van der Waals surface area contributed by atoms with Gasteiger partial charge in [-0.15, -0.1) is 6.42 Å². The molecule has 2 rings (SSSR count). The molecule has 2 unspecified atom stereocenters. The Morgan fingerprint density at radius 2 is 2.24 bits per heavy atom. The molecule has 1 N–H and O–H groups in total. The molecule has 0 spiro atoms. The quantitative estimate of drug-likeness (QED) is 0.797. The molecule has 0 aliphatic carbocycles. The predicted molar refractivity (Wildman–Crippen MR) is 71.7 cm³/mol. The van der Waals surface area contributed by atoms with E-state index in [9.17, 15) is 0 Å². The molecule has 1 saturated heterocycles. The van der Waals surface area contributed by atoms with Gasteiger partial charge in [0.25, 0.3) is 0 Å². The van der Waals surface area contributed by atoms with Gasteiger partial charge in [-0.05, 0) is 12.0 Å². The Hall–Kier alpha value is -1.30. The Kier molecular flexibility index (Phi) is 4.19. The van der Waals surface area contributed by atoms with Gasteiger partial charge in [-0.2, -0.15) is 0 Å². The molecular formula is C15H20N2. The first-order valence-electron chi connectivity index (χ1n) is 6.33. The van der Waals surface area contributed by atoms with Gasteiger partial charge >= 0.3 is 0 Å². The zero-order valence-electron chi connectivity index (χ0n) is 10.4. The minimum atomic E-state index is 0.281. The van der Waals surface area contributed by atoms with Gasteiger partial charge in [0.2, 0.25) is 0 Å². The van der Waals surface area contributed by atoms with Gasteiger partial charge in [0.15, 0.2) is 0 Å². The lowest BCUT2D eigenvalue weighted by molar-refractivity contribution is 0.169. The Morgan fingerprint density at radius 3 is 2.88 bits per heavy atom. The summed E-state index contributed by atoms with van der Waals surface area (Å²) in [7, 11) is 0. The SMILES string of the molecule is C#CC(CC)N1CCNC(c2ccccc2)C1. The van der Waals surface area contributed by atoms with Crippen LogP contribution in [0.1, 0.15) is 24.9 Å². The van der Waals surface area contributed by atoms with Crippen molar-refractivity contribution in [1.29, 1.82) is 0 Å². The van der Waals surface area contributed by atoms with Crippen molar-refractivity contribution < 1.29 is 0 Å². The molecule has 0 aromatic heterocycles. The van der Waals surface area contributed by atoms with Crippen LogP contribution in [-0.2, 0) is 0 Å². The average Bonchev–Trinajstić information content (AvgIpc) is 2.42. The Labute approximate surface area is 104 Å². The van der Waals surface area contributed by atoms with Crippen molar-refractivity contribution in [3.8, 4) is 12.3 Å². The smallest absolute Gasteiger partial charge is 0.0710 e. The van der Waals surface area contributed by atoms with Gasteiger partial charge in [0.05, 0.1) is 6.04 Å². The van der Waals surface area contributed by atoms with E-state index >= 15 is 0 Å². The second-order valence-electron chi connectivity index (χ2n) is 4.50. The topological polar surface area (TPSA) is 15.3 Å². The fraction of sp³-hybridized carbons (Fsp3) is 0.467. The molecule has 0 amide bonds. The number of hydrogen-bond donors (Lipinski definition) is 1. The van der Waals surface area contributed by atoms with E-state index < -0.39 is 0 Å². The summed E-state index contributed by atoms with van der Waals surface area (Å²) in [6.45, 7) is 5.22. The summed E-state index contributed by atoms with van der Waals surface area (Å²) >= 11 is 0. The molecule has 1 aromatic carbocycles. The third kappa shape index (κ3) is 2.88. The minimum absolute atomic E-state index is 0.281. The number of nitrogens with one attached hydrogen (secondary N) is 1. The highest BCUT2D eigenvalue weighted by molar-refractivity contribution is 5.20. The van der Waals surface area contributed by atoms with E-state index in [1.165, 1.54) is 5.56 Å². The summed E-state index contributed by atoms with van der Waals surface area (Å²) < 4.78 is 0. The lowest BCUT2D eigenvalue weighted by atomic mass is 10.0. The standard InChI is InChI=1S/C15H20N2/c1-3-14(4-2)17-11-10-16-15(12-17)13-8-6-5-7-9-13/h1,5-9,14-16H,4,10-12H2,2H3. The summed E-state index contributed by atoms with van der Waals surface area (Å²) in [6, 6.07) is 11.3. The first-order valence-corrected chi connectivity index (χ1v) is 6.33. The van der Waals surface area contributed by atoms with E-state index in [-0.39, 0.29) is 6.04 Å². The van der Waals surface area contributed by atoms with Gasteiger partial charge in [0, 0.05) is 25.7 Å². The van der Waals surface area contributed by atoms with Crippen LogP contribution in [0.2, 0.25) is 0 Å². The maximum Gasteiger partial charge on any atom is 0.0710 e. The lowest BCUT2D eigenvalue weighted by Crippen LogP contribution is -2.49. The van der Waals surface area contributed by atoms with E-state index in [1.54, 1.807) is 0 Å². The van der Waals surface area contributed by atoms with Crippen molar-refractivity contribution in [3.63, 3.8) is 0 Å². The molecule has 1 aromatic rings. The van der Waals surface area contributed by atoms with Gasteiger partial charge in [-0.25, -0.2) is 0 Å². The number of hydrogen-bond acceptors (Lipinski definition) is 2. The number of benzene rings is 1. The molecule has 1 fully saturated rings. The second kappa shape index (κ2) is 5.86. The largest absolute Gasteiger partial charge is 0.308 e. The van der Waals surface area contributed by atoms with Gasteiger partial charge in [-0.1, -0.05) is 43.2 Å². The molecule has 90 valence electrons. The maximum absolute atomic E-state index is 5.59. The highest BCUT2D eigenvalue weighted by atomic mass is 15.2. The summed E-state index contributed by atoms with van der Waals surface area (Å²) in [4.78, 5) is 2.41. The van der Waals surface area contributed by atoms with Crippen LogP contribution in [0.25, 0.3) is 0 Å².